The molecule has 1 aromatic heterocycles. The number of rotatable bonds is 4. The lowest BCUT2D eigenvalue weighted by Gasteiger charge is -2.08. The number of aromatic nitrogens is 1. The topological polar surface area (TPSA) is 43.6 Å². The summed E-state index contributed by atoms with van der Waals surface area (Å²) < 4.78 is 9.67. The summed E-state index contributed by atoms with van der Waals surface area (Å²) in [4.78, 5) is 17.7. The van der Waals surface area contributed by atoms with Gasteiger partial charge in [0, 0.05) is 16.6 Å². The van der Waals surface area contributed by atoms with Crippen LogP contribution in [0.25, 0.3) is 10.2 Å². The second kappa shape index (κ2) is 7.54. The maximum absolute atomic E-state index is 12.6. The summed E-state index contributed by atoms with van der Waals surface area (Å²) in [7, 11) is 1.67. The molecule has 1 amide bonds. The second-order valence-corrected chi connectivity index (χ2v) is 7.62. The number of amides is 1. The van der Waals surface area contributed by atoms with Gasteiger partial charge >= 0.3 is 0 Å². The average Bonchev–Trinajstić information content (AvgIpc) is 2.96. The highest BCUT2D eigenvalue weighted by Crippen LogP contribution is 2.30. The molecule has 3 rings (SSSR count). The van der Waals surface area contributed by atoms with E-state index in [0.29, 0.717) is 10.4 Å². The van der Waals surface area contributed by atoms with Crippen molar-refractivity contribution in [1.29, 1.82) is 0 Å². The number of thiazole rings is 1. The van der Waals surface area contributed by atoms with Gasteiger partial charge in [0.1, 0.15) is 11.3 Å². The molecule has 2 aromatic carbocycles. The highest BCUT2D eigenvalue weighted by Gasteiger charge is 2.14. The predicted molar refractivity (Wildman–Crippen MR) is 105 cm³/mol. The summed E-state index contributed by atoms with van der Waals surface area (Å²) >= 11 is 4.92. The van der Waals surface area contributed by atoms with Crippen molar-refractivity contribution in [2.45, 2.75) is 26.8 Å². The van der Waals surface area contributed by atoms with Gasteiger partial charge in [-0.2, -0.15) is 4.99 Å². The van der Waals surface area contributed by atoms with Crippen molar-refractivity contribution < 1.29 is 9.53 Å². The van der Waals surface area contributed by atoms with Crippen LogP contribution < -0.4 is 9.54 Å². The van der Waals surface area contributed by atoms with E-state index < -0.39 is 0 Å². The molecule has 0 atom stereocenters. The number of benzene rings is 2. The molecule has 0 aliphatic heterocycles. The van der Waals surface area contributed by atoms with Crippen LogP contribution in [0.2, 0.25) is 0 Å². The van der Waals surface area contributed by atoms with Gasteiger partial charge in [-0.1, -0.05) is 40.3 Å². The maximum atomic E-state index is 12.6. The van der Waals surface area contributed by atoms with Gasteiger partial charge in [0.15, 0.2) is 4.80 Å². The van der Waals surface area contributed by atoms with Crippen LogP contribution in [0, 0.1) is 6.92 Å². The Morgan fingerprint density at radius 3 is 2.60 bits per heavy atom. The van der Waals surface area contributed by atoms with Crippen molar-refractivity contribution in [2.24, 2.45) is 4.99 Å². The second-order valence-electron chi connectivity index (χ2n) is 5.72. The Morgan fingerprint density at radius 1 is 1.24 bits per heavy atom. The summed E-state index contributed by atoms with van der Waals surface area (Å²) in [5.41, 5.74) is 2.74. The first-order chi connectivity index (χ1) is 12.0. The number of methoxy groups -OCH3 is 1. The third kappa shape index (κ3) is 3.55. The molecule has 0 unspecified atom stereocenters. The van der Waals surface area contributed by atoms with E-state index in [2.05, 4.69) is 39.3 Å². The summed E-state index contributed by atoms with van der Waals surface area (Å²) in [5, 5.41) is 0. The Labute approximate surface area is 158 Å². The molecule has 0 aliphatic carbocycles. The Balaban J connectivity index is 2.21. The number of hydrogen-bond donors (Lipinski definition) is 0. The van der Waals surface area contributed by atoms with E-state index >= 15 is 0 Å². The van der Waals surface area contributed by atoms with Crippen LogP contribution in [-0.2, 0) is 6.54 Å². The van der Waals surface area contributed by atoms with E-state index in [1.807, 2.05) is 24.3 Å². The Bertz CT molecular complexity index is 987. The number of nitrogens with zero attached hydrogens (tertiary/aromatic N) is 2. The van der Waals surface area contributed by atoms with Gasteiger partial charge in [-0.25, -0.2) is 0 Å². The first kappa shape index (κ1) is 17.9. The molecule has 0 bridgehead atoms. The zero-order valence-electron chi connectivity index (χ0n) is 14.4. The van der Waals surface area contributed by atoms with Crippen LogP contribution in [0.5, 0.6) is 5.75 Å². The maximum Gasteiger partial charge on any atom is 0.279 e. The van der Waals surface area contributed by atoms with Crippen molar-refractivity contribution in [2.75, 3.05) is 7.11 Å². The van der Waals surface area contributed by atoms with Crippen LogP contribution in [0.1, 0.15) is 29.3 Å². The van der Waals surface area contributed by atoms with E-state index in [-0.39, 0.29) is 5.91 Å². The molecular weight excluding hydrogens is 400 g/mol. The van der Waals surface area contributed by atoms with E-state index in [0.717, 1.165) is 39.0 Å². The minimum atomic E-state index is -0.236. The van der Waals surface area contributed by atoms with Crippen LogP contribution in [-0.4, -0.2) is 17.6 Å². The number of fused-ring (bicyclic) bond motifs is 1. The number of carbonyl (C=O) groups is 1. The molecule has 0 saturated heterocycles. The fourth-order valence-corrected chi connectivity index (χ4v) is 4.11. The van der Waals surface area contributed by atoms with E-state index in [1.165, 1.54) is 11.3 Å². The lowest BCUT2D eigenvalue weighted by molar-refractivity contribution is 0.0998. The highest BCUT2D eigenvalue weighted by atomic mass is 79.9. The lowest BCUT2D eigenvalue weighted by Crippen LogP contribution is -2.17. The zero-order valence-corrected chi connectivity index (χ0v) is 16.8. The molecule has 0 fully saturated rings. The first-order valence-electron chi connectivity index (χ1n) is 8.06. The Kier molecular flexibility index (Phi) is 5.39. The van der Waals surface area contributed by atoms with Crippen LogP contribution in [0.15, 0.2) is 45.9 Å². The summed E-state index contributed by atoms with van der Waals surface area (Å²) in [5.74, 6) is 0.573. The van der Waals surface area contributed by atoms with Crippen LogP contribution in [0.3, 0.4) is 0 Å². The quantitative estimate of drug-likeness (QED) is 0.602. The smallest absolute Gasteiger partial charge is 0.279 e. The highest BCUT2D eigenvalue weighted by molar-refractivity contribution is 9.10. The molecule has 0 spiro atoms. The summed E-state index contributed by atoms with van der Waals surface area (Å²) in [6.45, 7) is 4.96. The van der Waals surface area contributed by atoms with Crippen molar-refractivity contribution in [1.82, 2.24) is 4.57 Å². The van der Waals surface area contributed by atoms with E-state index in [4.69, 9.17) is 4.74 Å². The molecule has 0 saturated carbocycles. The van der Waals surface area contributed by atoms with Gasteiger partial charge in [0.2, 0.25) is 0 Å². The molecule has 3 aromatic rings. The van der Waals surface area contributed by atoms with Gasteiger partial charge in [-0.05, 0) is 49.2 Å². The molecule has 4 nitrogen and oxygen atoms in total. The number of aryl methyl sites for hydroxylation is 2. The average molecular weight is 419 g/mol. The molecule has 6 heteroatoms. The SMILES string of the molecule is CCCn1c(=NC(=O)c2ccc(Br)cc2)sc2c(C)ccc(OC)c21. The molecule has 130 valence electrons. The summed E-state index contributed by atoms with van der Waals surface area (Å²) in [6.07, 6.45) is 0.947. The number of halogens is 1. The van der Waals surface area contributed by atoms with Crippen LogP contribution in [0.4, 0.5) is 0 Å². The number of hydrogen-bond acceptors (Lipinski definition) is 3. The van der Waals surface area contributed by atoms with Gasteiger partial charge in [-0.15, -0.1) is 0 Å². The van der Waals surface area contributed by atoms with Gasteiger partial charge in [-0.3, -0.25) is 4.79 Å². The Hall–Kier alpha value is -1.92. The zero-order chi connectivity index (χ0) is 18.0. The van der Waals surface area contributed by atoms with Crippen molar-refractivity contribution in [3.05, 3.63) is 56.8 Å². The van der Waals surface area contributed by atoms with Gasteiger partial charge < -0.3 is 9.30 Å². The predicted octanol–water partition coefficient (Wildman–Crippen LogP) is 4.93. The number of ether oxygens (including phenoxy) is 1. The standard InChI is InChI=1S/C19H19BrN2O2S/c1-4-11-22-16-15(24-3)10-5-12(2)17(16)25-19(22)21-18(23)13-6-8-14(20)9-7-13/h5-10H,4,11H2,1-3H3. The van der Waals surface area contributed by atoms with Crippen molar-refractivity contribution in [3.8, 4) is 5.75 Å². The van der Waals surface area contributed by atoms with Crippen molar-refractivity contribution in [3.63, 3.8) is 0 Å². The largest absolute Gasteiger partial charge is 0.495 e. The van der Waals surface area contributed by atoms with E-state index in [9.17, 15) is 4.79 Å². The first-order valence-corrected chi connectivity index (χ1v) is 9.67. The normalized spacial score (nSPS) is 11.9. The van der Waals surface area contributed by atoms with E-state index in [1.54, 1.807) is 19.2 Å². The van der Waals surface area contributed by atoms with Gasteiger partial charge in [0.25, 0.3) is 5.91 Å². The number of carbonyl (C=O) groups excluding carboxylic acids is 1. The third-order valence-electron chi connectivity index (χ3n) is 3.94. The molecule has 0 N–H and O–H groups in total. The third-order valence-corrected chi connectivity index (χ3v) is 5.68. The molecule has 25 heavy (non-hydrogen) atoms. The lowest BCUT2D eigenvalue weighted by atomic mass is 10.2. The van der Waals surface area contributed by atoms with Gasteiger partial charge in [0.05, 0.1) is 11.8 Å². The fraction of sp³-hybridized carbons (Fsp3) is 0.263. The molecular formula is C19H19BrN2O2S. The monoisotopic (exact) mass is 418 g/mol. The minimum Gasteiger partial charge on any atom is -0.495 e. The molecule has 1 heterocycles. The molecule has 0 radical (unpaired) electrons. The summed E-state index contributed by atoms with van der Waals surface area (Å²) in [6, 6.07) is 11.3. The molecule has 0 aliphatic rings. The Morgan fingerprint density at radius 2 is 1.96 bits per heavy atom. The van der Waals surface area contributed by atoms with Crippen molar-refractivity contribution >= 4 is 43.4 Å². The minimum absolute atomic E-state index is 0.236. The fourth-order valence-electron chi connectivity index (χ4n) is 2.70. The van der Waals surface area contributed by atoms with Crippen LogP contribution >= 0.6 is 27.3 Å².